The van der Waals surface area contributed by atoms with Gasteiger partial charge in [-0.05, 0) is 24.6 Å². The number of anilines is 1. The van der Waals surface area contributed by atoms with Gasteiger partial charge < -0.3 is 19.5 Å². The Morgan fingerprint density at radius 1 is 1.42 bits per heavy atom. The highest BCUT2D eigenvalue weighted by molar-refractivity contribution is 6.16. The van der Waals surface area contributed by atoms with E-state index < -0.39 is 11.6 Å². The minimum absolute atomic E-state index is 0.00484. The third-order valence-electron chi connectivity index (χ3n) is 7.10. The monoisotopic (exact) mass is 354 g/mol. The van der Waals surface area contributed by atoms with E-state index in [4.69, 9.17) is 4.74 Å². The first-order chi connectivity index (χ1) is 12.5. The molecule has 4 aliphatic heterocycles. The number of benzene rings is 1. The van der Waals surface area contributed by atoms with Gasteiger partial charge >= 0.3 is 5.97 Å². The third kappa shape index (κ3) is 1.60. The lowest BCUT2D eigenvalue weighted by molar-refractivity contribution is -0.895. The largest absolute Gasteiger partial charge is 0.632 e. The molecule has 6 heteroatoms. The summed E-state index contributed by atoms with van der Waals surface area (Å²) in [5, 5.41) is 13.6. The summed E-state index contributed by atoms with van der Waals surface area (Å²) in [5.41, 5.74) is 1.51. The van der Waals surface area contributed by atoms with Crippen LogP contribution in [0.2, 0.25) is 0 Å². The standard InChI is InChI=1S/C20H22N2O4/c1-3-12-11-22(25)9-8-20-16(22)10-14(12)17(19(24)26-2)21(20)15-7-5-4-6-13(15)18(20)23/h3-7,14,16-17H,8-11H2,1-2H3/b12-3+. The van der Waals surface area contributed by atoms with Crippen LogP contribution in [0.4, 0.5) is 5.69 Å². The molecule has 5 atom stereocenters. The predicted molar refractivity (Wildman–Crippen MR) is 95.4 cm³/mol. The Morgan fingerprint density at radius 3 is 2.92 bits per heavy atom. The Balaban J connectivity index is 1.79. The lowest BCUT2D eigenvalue weighted by Crippen LogP contribution is -2.74. The summed E-state index contributed by atoms with van der Waals surface area (Å²) in [6, 6.07) is 6.56. The number of hydroxylamine groups is 3. The molecule has 5 rings (SSSR count). The zero-order valence-electron chi connectivity index (χ0n) is 15.0. The molecule has 0 aliphatic carbocycles. The molecular formula is C20H22N2O4. The zero-order chi connectivity index (χ0) is 18.3. The summed E-state index contributed by atoms with van der Waals surface area (Å²) < 4.78 is 4.81. The van der Waals surface area contributed by atoms with E-state index in [9.17, 15) is 14.8 Å². The number of para-hydroxylation sites is 1. The number of nitrogens with zero attached hydrogens (tertiary/aromatic N) is 2. The summed E-state index contributed by atoms with van der Waals surface area (Å²) in [6.07, 6.45) is 3.04. The number of esters is 1. The second-order valence-corrected chi connectivity index (χ2v) is 7.91. The number of ether oxygens (including phenoxy) is 1. The van der Waals surface area contributed by atoms with Crippen molar-refractivity contribution >= 4 is 17.4 Å². The van der Waals surface area contributed by atoms with E-state index in [1.54, 1.807) is 0 Å². The van der Waals surface area contributed by atoms with E-state index >= 15 is 0 Å². The Hall–Kier alpha value is -2.18. The number of hydrogen-bond donors (Lipinski definition) is 0. The second kappa shape index (κ2) is 4.96. The number of hydrogen-bond acceptors (Lipinski definition) is 5. The number of carbonyl (C=O) groups is 2. The average molecular weight is 354 g/mol. The highest BCUT2D eigenvalue weighted by Gasteiger charge is 2.73. The first-order valence-corrected chi connectivity index (χ1v) is 9.22. The molecule has 4 heterocycles. The Morgan fingerprint density at radius 2 is 2.19 bits per heavy atom. The van der Waals surface area contributed by atoms with Crippen molar-refractivity contribution in [3.8, 4) is 0 Å². The summed E-state index contributed by atoms with van der Waals surface area (Å²) in [7, 11) is 1.39. The summed E-state index contributed by atoms with van der Waals surface area (Å²) >= 11 is 0. The SMILES string of the molecule is C/C=C1\C[N+]2([O-])CCC34C(=O)c5ccccc5N3C(C(=O)OC)C1CC42. The number of methoxy groups -OCH3 is 1. The number of Topliss-reactive ketones (excluding diaryl/α,β-unsaturated/α-hetero) is 1. The van der Waals surface area contributed by atoms with Gasteiger partial charge in [0.15, 0.2) is 11.3 Å². The third-order valence-corrected chi connectivity index (χ3v) is 7.10. The summed E-state index contributed by atoms with van der Waals surface area (Å²) in [6.45, 7) is 2.72. The number of carbonyl (C=O) groups excluding carboxylic acids is 2. The molecule has 6 nitrogen and oxygen atoms in total. The smallest absolute Gasteiger partial charge is 0.329 e. The second-order valence-electron chi connectivity index (χ2n) is 7.91. The number of piperidine rings is 2. The molecule has 5 unspecified atom stereocenters. The number of allylic oxidation sites excluding steroid dienone is 1. The molecule has 136 valence electrons. The molecule has 1 aromatic rings. The van der Waals surface area contributed by atoms with Gasteiger partial charge in [-0.2, -0.15) is 0 Å². The highest BCUT2D eigenvalue weighted by Crippen LogP contribution is 2.59. The first kappa shape index (κ1) is 16.0. The molecule has 0 N–H and O–H groups in total. The zero-order valence-corrected chi connectivity index (χ0v) is 15.0. The van der Waals surface area contributed by atoms with Gasteiger partial charge in [0, 0.05) is 30.0 Å². The van der Waals surface area contributed by atoms with Crippen LogP contribution in [0.15, 0.2) is 35.9 Å². The molecule has 1 aromatic carbocycles. The van der Waals surface area contributed by atoms with Gasteiger partial charge in [0.25, 0.3) is 0 Å². The summed E-state index contributed by atoms with van der Waals surface area (Å²) in [4.78, 5) is 28.3. The van der Waals surface area contributed by atoms with Crippen molar-refractivity contribution in [3.05, 3.63) is 46.7 Å². The molecule has 26 heavy (non-hydrogen) atoms. The van der Waals surface area contributed by atoms with E-state index in [-0.39, 0.29) is 28.4 Å². The van der Waals surface area contributed by atoms with E-state index in [2.05, 4.69) is 0 Å². The fourth-order valence-electron chi connectivity index (χ4n) is 6.05. The molecule has 0 aromatic heterocycles. The summed E-state index contributed by atoms with van der Waals surface area (Å²) in [5.74, 6) is -0.400. The minimum atomic E-state index is -0.903. The van der Waals surface area contributed by atoms with Crippen molar-refractivity contribution in [2.45, 2.75) is 37.4 Å². The van der Waals surface area contributed by atoms with Gasteiger partial charge in [0.2, 0.25) is 0 Å². The van der Waals surface area contributed by atoms with Gasteiger partial charge in [0.1, 0.15) is 18.6 Å². The maximum atomic E-state index is 13.6. The molecule has 0 saturated carbocycles. The number of ketones is 1. The van der Waals surface area contributed by atoms with Gasteiger partial charge in [-0.1, -0.05) is 18.2 Å². The molecule has 4 aliphatic rings. The molecule has 1 spiro atoms. The maximum absolute atomic E-state index is 13.6. The predicted octanol–water partition coefficient (Wildman–Crippen LogP) is 2.04. The van der Waals surface area contributed by atoms with Crippen LogP contribution in [0.3, 0.4) is 0 Å². The van der Waals surface area contributed by atoms with Crippen LogP contribution in [0.25, 0.3) is 0 Å². The van der Waals surface area contributed by atoms with Crippen molar-refractivity contribution in [3.63, 3.8) is 0 Å². The molecule has 0 amide bonds. The van der Waals surface area contributed by atoms with Crippen molar-refractivity contribution in [2.75, 3.05) is 25.1 Å². The Bertz CT molecular complexity index is 865. The molecule has 3 fully saturated rings. The number of fused-ring (bicyclic) bond motifs is 3. The number of rotatable bonds is 1. The fraction of sp³-hybridized carbons (Fsp3) is 0.500. The van der Waals surface area contributed by atoms with Gasteiger partial charge in [-0.3, -0.25) is 4.79 Å². The van der Waals surface area contributed by atoms with Gasteiger partial charge in [0.05, 0.1) is 13.7 Å². The van der Waals surface area contributed by atoms with Crippen LogP contribution in [-0.2, 0) is 9.53 Å². The first-order valence-electron chi connectivity index (χ1n) is 9.22. The quantitative estimate of drug-likeness (QED) is 0.334. The normalized spacial score (nSPS) is 41.2. The highest BCUT2D eigenvalue weighted by atomic mass is 16.6. The van der Waals surface area contributed by atoms with Crippen LogP contribution in [0.1, 0.15) is 30.1 Å². The molecule has 0 radical (unpaired) electrons. The Kier molecular flexibility index (Phi) is 3.06. The van der Waals surface area contributed by atoms with Gasteiger partial charge in [-0.15, -0.1) is 0 Å². The van der Waals surface area contributed by atoms with Crippen LogP contribution in [-0.4, -0.2) is 54.2 Å². The lowest BCUT2D eigenvalue weighted by atomic mass is 9.69. The van der Waals surface area contributed by atoms with Crippen molar-refractivity contribution < 1.29 is 19.0 Å². The maximum Gasteiger partial charge on any atom is 0.329 e. The van der Waals surface area contributed by atoms with E-state index in [1.807, 2.05) is 42.2 Å². The van der Waals surface area contributed by atoms with E-state index in [1.165, 1.54) is 7.11 Å². The average Bonchev–Trinajstić information content (AvgIpc) is 3.12. The van der Waals surface area contributed by atoms with Crippen LogP contribution in [0, 0.1) is 11.1 Å². The Labute approximate surface area is 152 Å². The van der Waals surface area contributed by atoms with Crippen molar-refractivity contribution in [1.29, 1.82) is 0 Å². The molecule has 2 bridgehead atoms. The van der Waals surface area contributed by atoms with E-state index in [0.29, 0.717) is 31.5 Å². The number of quaternary nitrogens is 1. The lowest BCUT2D eigenvalue weighted by Gasteiger charge is -2.59. The van der Waals surface area contributed by atoms with Crippen LogP contribution >= 0.6 is 0 Å². The van der Waals surface area contributed by atoms with E-state index in [0.717, 1.165) is 11.3 Å². The molecule has 3 saturated heterocycles. The topological polar surface area (TPSA) is 69.7 Å². The fourth-order valence-corrected chi connectivity index (χ4v) is 6.05. The van der Waals surface area contributed by atoms with Crippen LogP contribution in [0.5, 0.6) is 0 Å². The van der Waals surface area contributed by atoms with Crippen molar-refractivity contribution in [2.24, 2.45) is 5.92 Å². The molecular weight excluding hydrogens is 332 g/mol. The minimum Gasteiger partial charge on any atom is -0.632 e. The van der Waals surface area contributed by atoms with Crippen LogP contribution < -0.4 is 4.90 Å². The van der Waals surface area contributed by atoms with Crippen molar-refractivity contribution in [1.82, 2.24) is 0 Å². The van der Waals surface area contributed by atoms with Gasteiger partial charge in [-0.25, -0.2) is 4.79 Å².